The van der Waals surface area contributed by atoms with Crippen LogP contribution in [0.1, 0.15) is 31.9 Å². The van der Waals surface area contributed by atoms with Crippen molar-refractivity contribution in [2.24, 2.45) is 16.9 Å². The molecular weight excluding hydrogens is 172 g/mol. The zero-order valence-electron chi connectivity index (χ0n) is 9.03. The van der Waals surface area contributed by atoms with Gasteiger partial charge in [0.15, 0.2) is 0 Å². The van der Waals surface area contributed by atoms with Gasteiger partial charge in [0.05, 0.1) is 0 Å². The minimum absolute atomic E-state index is 0.0623. The van der Waals surface area contributed by atoms with E-state index in [1.165, 1.54) is 5.56 Å². The fourth-order valence-electron chi connectivity index (χ4n) is 1.64. The van der Waals surface area contributed by atoms with E-state index in [-0.39, 0.29) is 11.5 Å². The van der Waals surface area contributed by atoms with Crippen LogP contribution in [-0.4, -0.2) is 6.54 Å². The fraction of sp³-hybridized carbons (Fsp3) is 0.500. The maximum atomic E-state index is 6.20. The highest BCUT2D eigenvalue weighted by atomic mass is 14.7. The summed E-state index contributed by atoms with van der Waals surface area (Å²) in [6.45, 7) is 5.02. The molecule has 2 nitrogen and oxygen atoms in total. The first kappa shape index (κ1) is 11.2. The fourth-order valence-corrected chi connectivity index (χ4v) is 1.64. The molecule has 1 atom stereocenters. The molecular formula is C12H20N2. The SMILES string of the molecule is CC(C)(CCN)C(N)c1ccccc1. The molecule has 0 saturated carbocycles. The average Bonchev–Trinajstić information content (AvgIpc) is 2.18. The maximum Gasteiger partial charge on any atom is 0.0347 e. The number of nitrogens with two attached hydrogens (primary N) is 2. The van der Waals surface area contributed by atoms with Gasteiger partial charge in [-0.15, -0.1) is 0 Å². The molecule has 1 aromatic rings. The Morgan fingerprint density at radius 2 is 1.79 bits per heavy atom. The van der Waals surface area contributed by atoms with Crippen LogP contribution in [0.15, 0.2) is 30.3 Å². The molecule has 0 fully saturated rings. The van der Waals surface area contributed by atoms with Gasteiger partial charge >= 0.3 is 0 Å². The molecule has 0 saturated heterocycles. The van der Waals surface area contributed by atoms with Crippen LogP contribution in [-0.2, 0) is 0 Å². The molecule has 1 aromatic carbocycles. The zero-order chi connectivity index (χ0) is 10.6. The van der Waals surface area contributed by atoms with E-state index in [0.29, 0.717) is 6.54 Å². The lowest BCUT2D eigenvalue weighted by Gasteiger charge is -2.31. The standard InChI is InChI=1S/C12H20N2/c1-12(2,8-9-13)11(14)10-6-4-3-5-7-10/h3-7,11H,8-9,13-14H2,1-2H3. The van der Waals surface area contributed by atoms with Gasteiger partial charge in [-0.2, -0.15) is 0 Å². The second kappa shape index (κ2) is 4.58. The lowest BCUT2D eigenvalue weighted by atomic mass is 9.78. The zero-order valence-corrected chi connectivity index (χ0v) is 9.03. The molecule has 0 heterocycles. The Labute approximate surface area is 86.3 Å². The van der Waals surface area contributed by atoms with Crippen molar-refractivity contribution in [3.8, 4) is 0 Å². The molecule has 14 heavy (non-hydrogen) atoms. The summed E-state index contributed by atoms with van der Waals surface area (Å²) in [5.74, 6) is 0. The average molecular weight is 192 g/mol. The van der Waals surface area contributed by atoms with E-state index >= 15 is 0 Å². The second-order valence-electron chi connectivity index (χ2n) is 4.42. The summed E-state index contributed by atoms with van der Waals surface area (Å²) in [6, 6.07) is 10.3. The summed E-state index contributed by atoms with van der Waals surface area (Å²) >= 11 is 0. The maximum absolute atomic E-state index is 6.20. The third-order valence-corrected chi connectivity index (χ3v) is 2.79. The summed E-state index contributed by atoms with van der Waals surface area (Å²) in [7, 11) is 0. The predicted octanol–water partition coefficient (Wildman–Crippen LogP) is 2.06. The summed E-state index contributed by atoms with van der Waals surface area (Å²) in [5.41, 5.74) is 13.0. The Hall–Kier alpha value is -0.860. The van der Waals surface area contributed by atoms with Crippen molar-refractivity contribution < 1.29 is 0 Å². The third-order valence-electron chi connectivity index (χ3n) is 2.79. The van der Waals surface area contributed by atoms with Gasteiger partial charge in [-0.1, -0.05) is 44.2 Å². The van der Waals surface area contributed by atoms with Crippen LogP contribution in [0.4, 0.5) is 0 Å². The highest BCUT2D eigenvalue weighted by Gasteiger charge is 2.26. The largest absolute Gasteiger partial charge is 0.330 e. The van der Waals surface area contributed by atoms with Crippen molar-refractivity contribution >= 4 is 0 Å². The Bertz CT molecular complexity index is 267. The molecule has 0 aliphatic carbocycles. The lowest BCUT2D eigenvalue weighted by Crippen LogP contribution is -2.31. The number of rotatable bonds is 4. The van der Waals surface area contributed by atoms with Gasteiger partial charge in [0, 0.05) is 6.04 Å². The Balaban J connectivity index is 2.79. The number of hydrogen-bond acceptors (Lipinski definition) is 2. The minimum atomic E-state index is 0.0623. The Morgan fingerprint density at radius 1 is 1.21 bits per heavy atom. The van der Waals surface area contributed by atoms with Crippen LogP contribution in [0.3, 0.4) is 0 Å². The summed E-state index contributed by atoms with van der Waals surface area (Å²) < 4.78 is 0. The highest BCUT2D eigenvalue weighted by molar-refractivity contribution is 5.20. The monoisotopic (exact) mass is 192 g/mol. The van der Waals surface area contributed by atoms with E-state index in [0.717, 1.165) is 6.42 Å². The van der Waals surface area contributed by atoms with Crippen molar-refractivity contribution in [2.45, 2.75) is 26.3 Å². The molecule has 4 N–H and O–H groups in total. The first-order valence-corrected chi connectivity index (χ1v) is 5.08. The molecule has 1 unspecified atom stereocenters. The normalized spacial score (nSPS) is 14.0. The van der Waals surface area contributed by atoms with E-state index in [9.17, 15) is 0 Å². The summed E-state index contributed by atoms with van der Waals surface area (Å²) in [4.78, 5) is 0. The smallest absolute Gasteiger partial charge is 0.0347 e. The molecule has 0 aliphatic rings. The van der Waals surface area contributed by atoms with Crippen LogP contribution in [0.2, 0.25) is 0 Å². The molecule has 0 bridgehead atoms. The number of benzene rings is 1. The quantitative estimate of drug-likeness (QED) is 0.767. The molecule has 0 radical (unpaired) electrons. The molecule has 0 aliphatic heterocycles. The predicted molar refractivity (Wildman–Crippen MR) is 60.8 cm³/mol. The minimum Gasteiger partial charge on any atom is -0.330 e. The van der Waals surface area contributed by atoms with Gasteiger partial charge in [-0.25, -0.2) is 0 Å². The van der Waals surface area contributed by atoms with E-state index in [4.69, 9.17) is 11.5 Å². The van der Waals surface area contributed by atoms with Gasteiger partial charge in [0.2, 0.25) is 0 Å². The first-order valence-electron chi connectivity index (χ1n) is 5.08. The molecule has 0 spiro atoms. The molecule has 1 rings (SSSR count). The van der Waals surface area contributed by atoms with Crippen molar-refractivity contribution in [3.05, 3.63) is 35.9 Å². The summed E-state index contributed by atoms with van der Waals surface area (Å²) in [5, 5.41) is 0. The van der Waals surface area contributed by atoms with Crippen molar-refractivity contribution in [3.63, 3.8) is 0 Å². The van der Waals surface area contributed by atoms with Gasteiger partial charge in [-0.3, -0.25) is 0 Å². The van der Waals surface area contributed by atoms with Gasteiger partial charge < -0.3 is 11.5 Å². The molecule has 0 aromatic heterocycles. The topological polar surface area (TPSA) is 52.0 Å². The Kier molecular flexibility index (Phi) is 3.67. The third kappa shape index (κ3) is 2.56. The van der Waals surface area contributed by atoms with Gasteiger partial charge in [0.1, 0.15) is 0 Å². The molecule has 2 heteroatoms. The van der Waals surface area contributed by atoms with Crippen molar-refractivity contribution in [1.82, 2.24) is 0 Å². The summed E-state index contributed by atoms with van der Waals surface area (Å²) in [6.07, 6.45) is 0.947. The molecule has 78 valence electrons. The van der Waals surface area contributed by atoms with Crippen molar-refractivity contribution in [2.75, 3.05) is 6.54 Å². The van der Waals surface area contributed by atoms with Crippen LogP contribution in [0, 0.1) is 5.41 Å². The van der Waals surface area contributed by atoms with Crippen LogP contribution < -0.4 is 11.5 Å². The van der Waals surface area contributed by atoms with Crippen LogP contribution >= 0.6 is 0 Å². The highest BCUT2D eigenvalue weighted by Crippen LogP contribution is 2.33. The van der Waals surface area contributed by atoms with Gasteiger partial charge in [-0.05, 0) is 23.9 Å². The van der Waals surface area contributed by atoms with Crippen molar-refractivity contribution in [1.29, 1.82) is 0 Å². The lowest BCUT2D eigenvalue weighted by molar-refractivity contribution is 0.271. The van der Waals surface area contributed by atoms with Crippen LogP contribution in [0.5, 0.6) is 0 Å². The Morgan fingerprint density at radius 3 is 2.29 bits per heavy atom. The van der Waals surface area contributed by atoms with Gasteiger partial charge in [0.25, 0.3) is 0 Å². The number of hydrogen-bond donors (Lipinski definition) is 2. The molecule has 0 amide bonds. The van der Waals surface area contributed by atoms with E-state index in [1.54, 1.807) is 0 Å². The first-order chi connectivity index (χ1) is 6.58. The van der Waals surface area contributed by atoms with E-state index in [2.05, 4.69) is 26.0 Å². The van der Waals surface area contributed by atoms with E-state index in [1.807, 2.05) is 18.2 Å². The second-order valence-corrected chi connectivity index (χ2v) is 4.42. The van der Waals surface area contributed by atoms with Crippen LogP contribution in [0.25, 0.3) is 0 Å². The van der Waals surface area contributed by atoms with E-state index < -0.39 is 0 Å².